The van der Waals surface area contributed by atoms with E-state index in [0.29, 0.717) is 25.1 Å². The average Bonchev–Trinajstić information content (AvgIpc) is 2.76. The molecule has 112 valence electrons. The number of aliphatic hydroxyl groups excluding tert-OH is 1. The molecule has 1 unspecified atom stereocenters. The summed E-state index contributed by atoms with van der Waals surface area (Å²) in [5, 5.41) is 10.0. The quantitative estimate of drug-likeness (QED) is 0.862. The Hall–Kier alpha value is -1.53. The maximum Gasteiger partial charge on any atom is 0.417 e. The Morgan fingerprint density at radius 3 is 2.71 bits per heavy atom. The molecule has 1 aliphatic heterocycles. The van der Waals surface area contributed by atoms with Gasteiger partial charge in [0, 0.05) is 12.1 Å². The molecular weight excluding hydrogens is 305 g/mol. The minimum absolute atomic E-state index is 0.0211. The van der Waals surface area contributed by atoms with Crippen LogP contribution in [-0.4, -0.2) is 14.7 Å². The van der Waals surface area contributed by atoms with Crippen molar-refractivity contribution in [2.45, 2.75) is 31.7 Å². The molecule has 0 saturated carbocycles. The van der Waals surface area contributed by atoms with Crippen LogP contribution < -0.4 is 0 Å². The molecule has 3 nitrogen and oxygen atoms in total. The molecule has 1 aromatic heterocycles. The van der Waals surface area contributed by atoms with Gasteiger partial charge in [-0.05, 0) is 18.9 Å². The topological polar surface area (TPSA) is 38.0 Å². The Balaban J connectivity index is 2.22. The van der Waals surface area contributed by atoms with Crippen LogP contribution in [0.1, 0.15) is 30.2 Å². The average molecular weight is 317 g/mol. The molecule has 0 fully saturated rings. The van der Waals surface area contributed by atoms with E-state index in [2.05, 4.69) is 4.98 Å². The van der Waals surface area contributed by atoms with Crippen LogP contribution in [0.25, 0.3) is 11.4 Å². The molecule has 2 heterocycles. The first-order valence-electron chi connectivity index (χ1n) is 6.50. The molecule has 0 bridgehead atoms. The normalized spacial score (nSPS) is 18.6. The molecule has 0 radical (unpaired) electrons. The molecule has 3 rings (SSSR count). The molecule has 1 atom stereocenters. The number of halogens is 4. The van der Waals surface area contributed by atoms with Gasteiger partial charge in [-0.1, -0.05) is 29.8 Å². The zero-order valence-corrected chi connectivity index (χ0v) is 11.6. The predicted octanol–water partition coefficient (Wildman–Crippen LogP) is 4.05. The largest absolute Gasteiger partial charge is 0.417 e. The van der Waals surface area contributed by atoms with Gasteiger partial charge >= 0.3 is 6.18 Å². The molecule has 1 N–H and O–H groups in total. The van der Waals surface area contributed by atoms with Gasteiger partial charge in [0.15, 0.2) is 5.15 Å². The number of hydrogen-bond acceptors (Lipinski definition) is 2. The summed E-state index contributed by atoms with van der Waals surface area (Å²) < 4.78 is 41.0. The molecule has 0 spiro atoms. The third-order valence-corrected chi connectivity index (χ3v) is 3.89. The third-order valence-electron chi connectivity index (χ3n) is 3.61. The van der Waals surface area contributed by atoms with Crippen molar-refractivity contribution in [2.75, 3.05) is 0 Å². The summed E-state index contributed by atoms with van der Waals surface area (Å²) >= 11 is 6.00. The number of benzene rings is 1. The second-order valence-electron chi connectivity index (χ2n) is 4.96. The zero-order chi connectivity index (χ0) is 15.2. The van der Waals surface area contributed by atoms with Gasteiger partial charge in [0.05, 0.1) is 17.4 Å². The summed E-state index contributed by atoms with van der Waals surface area (Å²) in [6, 6.07) is 5.25. The maximum absolute atomic E-state index is 13.1. The number of imidazole rings is 1. The summed E-state index contributed by atoms with van der Waals surface area (Å²) in [5.74, 6) is 0.154. The highest BCUT2D eigenvalue weighted by molar-refractivity contribution is 6.30. The highest BCUT2D eigenvalue weighted by atomic mass is 35.5. The molecule has 2 aromatic rings. The van der Waals surface area contributed by atoms with Crippen LogP contribution in [0.2, 0.25) is 5.15 Å². The van der Waals surface area contributed by atoms with E-state index in [1.54, 1.807) is 4.57 Å². The Labute approximate surface area is 124 Å². The van der Waals surface area contributed by atoms with Crippen molar-refractivity contribution in [3.8, 4) is 11.4 Å². The number of nitrogens with zero attached hydrogens (tertiary/aromatic N) is 2. The molecule has 1 aliphatic rings. The summed E-state index contributed by atoms with van der Waals surface area (Å²) in [5.41, 5.74) is -0.378. The van der Waals surface area contributed by atoms with Gasteiger partial charge in [-0.3, -0.25) is 0 Å². The number of fused-ring (bicyclic) bond motifs is 1. The van der Waals surface area contributed by atoms with Gasteiger partial charge in [-0.25, -0.2) is 4.98 Å². The van der Waals surface area contributed by atoms with Crippen molar-refractivity contribution < 1.29 is 18.3 Å². The molecule has 7 heteroatoms. The second-order valence-corrected chi connectivity index (χ2v) is 5.32. The molecule has 1 aromatic carbocycles. The monoisotopic (exact) mass is 316 g/mol. The van der Waals surface area contributed by atoms with Crippen LogP contribution >= 0.6 is 11.6 Å². The van der Waals surface area contributed by atoms with Crippen LogP contribution in [0.5, 0.6) is 0 Å². The van der Waals surface area contributed by atoms with Crippen LogP contribution in [0.4, 0.5) is 13.2 Å². The third kappa shape index (κ3) is 2.42. The lowest BCUT2D eigenvalue weighted by molar-refractivity contribution is -0.137. The van der Waals surface area contributed by atoms with E-state index in [1.165, 1.54) is 18.2 Å². The number of aromatic nitrogens is 2. The summed E-state index contributed by atoms with van der Waals surface area (Å²) in [6.45, 7) is 0.494. The number of alkyl halides is 3. The molecule has 0 amide bonds. The van der Waals surface area contributed by atoms with Crippen molar-refractivity contribution in [1.29, 1.82) is 0 Å². The maximum atomic E-state index is 13.1. The van der Waals surface area contributed by atoms with E-state index in [1.807, 2.05) is 0 Å². The number of rotatable bonds is 1. The number of aliphatic hydroxyl groups is 1. The van der Waals surface area contributed by atoms with E-state index in [0.717, 1.165) is 6.07 Å². The minimum Gasteiger partial charge on any atom is -0.387 e. The van der Waals surface area contributed by atoms with Crippen LogP contribution in [-0.2, 0) is 12.7 Å². The first-order chi connectivity index (χ1) is 9.89. The number of hydrogen-bond donors (Lipinski definition) is 1. The Bertz CT molecular complexity index is 681. The lowest BCUT2D eigenvalue weighted by atomic mass is 10.0. The fourth-order valence-corrected chi connectivity index (χ4v) is 3.00. The minimum atomic E-state index is -4.47. The summed E-state index contributed by atoms with van der Waals surface area (Å²) in [7, 11) is 0. The Kier molecular flexibility index (Phi) is 3.45. The van der Waals surface area contributed by atoms with E-state index in [4.69, 9.17) is 11.6 Å². The smallest absolute Gasteiger partial charge is 0.387 e. The molecule has 0 saturated heterocycles. The highest BCUT2D eigenvalue weighted by Crippen LogP contribution is 2.40. The molecular formula is C14H12ClF3N2O. The van der Waals surface area contributed by atoms with Crippen molar-refractivity contribution in [3.63, 3.8) is 0 Å². The van der Waals surface area contributed by atoms with E-state index >= 15 is 0 Å². The molecule has 21 heavy (non-hydrogen) atoms. The van der Waals surface area contributed by atoms with E-state index in [9.17, 15) is 18.3 Å². The first-order valence-corrected chi connectivity index (χ1v) is 6.88. The van der Waals surface area contributed by atoms with Crippen molar-refractivity contribution in [3.05, 3.63) is 40.7 Å². The van der Waals surface area contributed by atoms with Crippen molar-refractivity contribution >= 4 is 11.6 Å². The van der Waals surface area contributed by atoms with Crippen molar-refractivity contribution in [2.24, 2.45) is 0 Å². The molecule has 0 aliphatic carbocycles. The van der Waals surface area contributed by atoms with Gasteiger partial charge < -0.3 is 9.67 Å². The van der Waals surface area contributed by atoms with Gasteiger partial charge in [0.1, 0.15) is 5.82 Å². The lowest BCUT2D eigenvalue weighted by Crippen LogP contribution is -2.17. The van der Waals surface area contributed by atoms with Gasteiger partial charge in [0.2, 0.25) is 0 Å². The van der Waals surface area contributed by atoms with E-state index in [-0.39, 0.29) is 16.5 Å². The first kappa shape index (κ1) is 14.4. The zero-order valence-electron chi connectivity index (χ0n) is 10.9. The fraction of sp³-hybridized carbons (Fsp3) is 0.357. The van der Waals surface area contributed by atoms with Gasteiger partial charge in [-0.2, -0.15) is 13.2 Å². The SMILES string of the molecule is OC1CCCn2c(-c3ccccc3C(F)(F)F)nc(Cl)c21. The van der Waals surface area contributed by atoms with Crippen molar-refractivity contribution in [1.82, 2.24) is 9.55 Å². The summed E-state index contributed by atoms with van der Waals surface area (Å²) in [4.78, 5) is 4.06. The van der Waals surface area contributed by atoms with Gasteiger partial charge in [-0.15, -0.1) is 0 Å². The Morgan fingerprint density at radius 2 is 2.00 bits per heavy atom. The predicted molar refractivity (Wildman–Crippen MR) is 71.9 cm³/mol. The van der Waals surface area contributed by atoms with Crippen LogP contribution in [0, 0.1) is 0 Å². The standard InChI is InChI=1S/C14H12ClF3N2O/c15-12-11-10(21)6-3-7-20(11)13(19-12)8-4-1-2-5-9(8)14(16,17)18/h1-2,4-5,10,21H,3,6-7H2. The van der Waals surface area contributed by atoms with Crippen LogP contribution in [0.3, 0.4) is 0 Å². The lowest BCUT2D eigenvalue weighted by Gasteiger charge is -2.22. The highest BCUT2D eigenvalue weighted by Gasteiger charge is 2.36. The van der Waals surface area contributed by atoms with E-state index < -0.39 is 17.8 Å². The summed E-state index contributed by atoms with van der Waals surface area (Å²) in [6.07, 6.45) is -4.05. The van der Waals surface area contributed by atoms with Crippen LogP contribution in [0.15, 0.2) is 24.3 Å². The second kappa shape index (κ2) is 5.03. The Morgan fingerprint density at radius 1 is 1.29 bits per heavy atom. The van der Waals surface area contributed by atoms with Gasteiger partial charge in [0.25, 0.3) is 0 Å². The fourth-order valence-electron chi connectivity index (χ4n) is 2.69.